The second-order valence-electron chi connectivity index (χ2n) is 3.13. The maximum Gasteiger partial charge on any atom is 0.274 e. The molecule has 0 amide bonds. The van der Waals surface area contributed by atoms with E-state index < -0.39 is 10.1 Å². The smallest absolute Gasteiger partial charge is 0.274 e. The van der Waals surface area contributed by atoms with Crippen molar-refractivity contribution in [3.05, 3.63) is 0 Å². The zero-order valence-corrected chi connectivity index (χ0v) is 8.53. The van der Waals surface area contributed by atoms with Crippen LogP contribution in [0.15, 0.2) is 0 Å². The molecule has 0 radical (unpaired) electrons. The van der Waals surface area contributed by atoms with Crippen molar-refractivity contribution in [1.29, 1.82) is 0 Å². The highest BCUT2D eigenvalue weighted by Gasteiger charge is 2.16. The molecular weight excluding hydrogens is 196 g/mol. The van der Waals surface area contributed by atoms with Crippen LogP contribution in [0, 0.1) is 0 Å². The fraction of sp³-hybridized carbons (Fsp3) is 1.00. The van der Waals surface area contributed by atoms with E-state index >= 15 is 0 Å². The SMILES string of the molecule is O=S(=O)(O)CSC1CCCCC1. The van der Waals surface area contributed by atoms with Crippen LogP contribution >= 0.6 is 11.8 Å². The van der Waals surface area contributed by atoms with Crippen LogP contribution in [0.2, 0.25) is 0 Å². The average molecular weight is 210 g/mol. The van der Waals surface area contributed by atoms with Gasteiger partial charge in [-0.1, -0.05) is 19.3 Å². The van der Waals surface area contributed by atoms with Gasteiger partial charge < -0.3 is 0 Å². The first-order valence-corrected chi connectivity index (χ1v) is 6.80. The van der Waals surface area contributed by atoms with Gasteiger partial charge in [0.15, 0.2) is 0 Å². The minimum atomic E-state index is -3.76. The van der Waals surface area contributed by atoms with E-state index in [1.54, 1.807) is 0 Å². The summed E-state index contributed by atoms with van der Waals surface area (Å²) < 4.78 is 29.3. The number of rotatable bonds is 3. The molecule has 72 valence electrons. The summed E-state index contributed by atoms with van der Waals surface area (Å²) >= 11 is 1.37. The highest BCUT2D eigenvalue weighted by Crippen LogP contribution is 2.28. The summed E-state index contributed by atoms with van der Waals surface area (Å²) in [4.78, 5) is 0. The predicted molar refractivity (Wildman–Crippen MR) is 50.9 cm³/mol. The third kappa shape index (κ3) is 4.33. The zero-order valence-electron chi connectivity index (χ0n) is 6.90. The minimum absolute atomic E-state index is 0.141. The van der Waals surface area contributed by atoms with E-state index in [1.165, 1.54) is 31.0 Å². The lowest BCUT2D eigenvalue weighted by Gasteiger charge is -2.19. The third-order valence-corrected chi connectivity index (χ3v) is 4.68. The standard InChI is InChI=1S/C7H14O3S2/c8-12(9,10)6-11-7-4-2-1-3-5-7/h7H,1-6H2,(H,8,9,10). The van der Waals surface area contributed by atoms with Crippen molar-refractivity contribution in [3.63, 3.8) is 0 Å². The summed E-state index contributed by atoms with van der Waals surface area (Å²) in [5.74, 6) is 0. The lowest BCUT2D eigenvalue weighted by Crippen LogP contribution is -2.11. The molecule has 0 aliphatic heterocycles. The molecule has 1 fully saturated rings. The fourth-order valence-electron chi connectivity index (χ4n) is 1.41. The van der Waals surface area contributed by atoms with Gasteiger partial charge in [0.1, 0.15) is 5.08 Å². The molecule has 0 spiro atoms. The molecule has 0 unspecified atom stereocenters. The van der Waals surface area contributed by atoms with Gasteiger partial charge in [-0.2, -0.15) is 8.42 Å². The molecule has 0 aromatic carbocycles. The fourth-order valence-corrected chi connectivity index (χ4v) is 3.54. The second kappa shape index (κ2) is 4.48. The summed E-state index contributed by atoms with van der Waals surface area (Å²) in [6.07, 6.45) is 5.86. The molecule has 1 aliphatic rings. The predicted octanol–water partition coefficient (Wildman–Crippen LogP) is 1.90. The molecule has 0 aromatic rings. The van der Waals surface area contributed by atoms with E-state index in [-0.39, 0.29) is 5.08 Å². The van der Waals surface area contributed by atoms with E-state index in [9.17, 15) is 8.42 Å². The zero-order chi connectivity index (χ0) is 9.03. The van der Waals surface area contributed by atoms with Crippen molar-refractivity contribution in [2.45, 2.75) is 37.4 Å². The number of hydrogen-bond donors (Lipinski definition) is 1. The van der Waals surface area contributed by atoms with E-state index in [1.807, 2.05) is 0 Å². The molecule has 0 aromatic heterocycles. The van der Waals surface area contributed by atoms with Gasteiger partial charge in [-0.05, 0) is 12.8 Å². The van der Waals surface area contributed by atoms with Crippen LogP contribution < -0.4 is 0 Å². The lowest BCUT2D eigenvalue weighted by atomic mass is 10.0. The van der Waals surface area contributed by atoms with Crippen molar-refractivity contribution < 1.29 is 13.0 Å². The highest BCUT2D eigenvalue weighted by atomic mass is 32.3. The monoisotopic (exact) mass is 210 g/mol. The van der Waals surface area contributed by atoms with E-state index in [2.05, 4.69) is 0 Å². The molecule has 0 atom stereocenters. The second-order valence-corrected chi connectivity index (χ2v) is 6.23. The maximum absolute atomic E-state index is 10.4. The Bertz CT molecular complexity index is 217. The summed E-state index contributed by atoms with van der Waals surface area (Å²) in [7, 11) is -3.76. The molecule has 3 nitrogen and oxygen atoms in total. The Kier molecular flexibility index (Phi) is 3.86. The Morgan fingerprint density at radius 2 is 1.83 bits per heavy atom. The maximum atomic E-state index is 10.4. The van der Waals surface area contributed by atoms with Crippen molar-refractivity contribution in [2.24, 2.45) is 0 Å². The highest BCUT2D eigenvalue weighted by molar-refractivity contribution is 8.11. The van der Waals surface area contributed by atoms with Gasteiger partial charge in [-0.15, -0.1) is 11.8 Å². The van der Waals surface area contributed by atoms with Crippen LogP contribution in [0.1, 0.15) is 32.1 Å². The first-order valence-electron chi connectivity index (χ1n) is 4.15. The Morgan fingerprint density at radius 1 is 1.25 bits per heavy atom. The first kappa shape index (κ1) is 10.3. The summed E-state index contributed by atoms with van der Waals surface area (Å²) in [6, 6.07) is 0. The molecule has 1 rings (SSSR count). The minimum Gasteiger partial charge on any atom is -0.285 e. The summed E-state index contributed by atoms with van der Waals surface area (Å²) in [6.45, 7) is 0. The largest absolute Gasteiger partial charge is 0.285 e. The topological polar surface area (TPSA) is 54.4 Å². The number of hydrogen-bond acceptors (Lipinski definition) is 3. The van der Waals surface area contributed by atoms with Crippen molar-refractivity contribution >= 4 is 21.9 Å². The molecule has 0 bridgehead atoms. The molecule has 12 heavy (non-hydrogen) atoms. The van der Waals surface area contributed by atoms with Crippen LogP contribution in [0.3, 0.4) is 0 Å². The van der Waals surface area contributed by atoms with Crippen LogP contribution in [-0.2, 0) is 10.1 Å². The molecule has 1 N–H and O–H groups in total. The quantitative estimate of drug-likeness (QED) is 0.723. The molecular formula is C7H14O3S2. The third-order valence-electron chi connectivity index (χ3n) is 2.00. The van der Waals surface area contributed by atoms with E-state index in [0.717, 1.165) is 12.8 Å². The Labute approximate surface area is 77.7 Å². The first-order chi connectivity index (χ1) is 5.58. The Balaban J connectivity index is 2.22. The Morgan fingerprint density at radius 3 is 2.33 bits per heavy atom. The average Bonchev–Trinajstić information content (AvgIpc) is 2.02. The molecule has 5 heteroatoms. The Hall–Kier alpha value is 0.260. The van der Waals surface area contributed by atoms with Crippen LogP contribution in [-0.4, -0.2) is 23.3 Å². The number of thioether (sulfide) groups is 1. The van der Waals surface area contributed by atoms with Crippen molar-refractivity contribution in [2.75, 3.05) is 5.08 Å². The molecule has 0 saturated heterocycles. The molecule has 1 saturated carbocycles. The van der Waals surface area contributed by atoms with Gasteiger partial charge in [0.05, 0.1) is 0 Å². The summed E-state index contributed by atoms with van der Waals surface area (Å²) in [5.41, 5.74) is 0. The van der Waals surface area contributed by atoms with Gasteiger partial charge in [0.2, 0.25) is 0 Å². The van der Waals surface area contributed by atoms with Gasteiger partial charge in [0, 0.05) is 5.25 Å². The van der Waals surface area contributed by atoms with E-state index in [4.69, 9.17) is 4.55 Å². The lowest BCUT2D eigenvalue weighted by molar-refractivity contribution is 0.488. The van der Waals surface area contributed by atoms with Gasteiger partial charge in [-0.25, -0.2) is 0 Å². The van der Waals surface area contributed by atoms with Crippen LogP contribution in [0.4, 0.5) is 0 Å². The molecule has 0 heterocycles. The molecule has 1 aliphatic carbocycles. The van der Waals surface area contributed by atoms with E-state index in [0.29, 0.717) is 5.25 Å². The van der Waals surface area contributed by atoms with Crippen LogP contribution in [0.5, 0.6) is 0 Å². The summed E-state index contributed by atoms with van der Waals surface area (Å²) in [5, 5.41) is 0.304. The van der Waals surface area contributed by atoms with Crippen LogP contribution in [0.25, 0.3) is 0 Å². The van der Waals surface area contributed by atoms with Crippen molar-refractivity contribution in [1.82, 2.24) is 0 Å². The van der Waals surface area contributed by atoms with Gasteiger partial charge in [-0.3, -0.25) is 4.55 Å². The van der Waals surface area contributed by atoms with Gasteiger partial charge in [0.25, 0.3) is 10.1 Å². The normalized spacial score (nSPS) is 21.1. The van der Waals surface area contributed by atoms with Gasteiger partial charge >= 0.3 is 0 Å². The van der Waals surface area contributed by atoms with Crippen molar-refractivity contribution in [3.8, 4) is 0 Å².